The Morgan fingerprint density at radius 3 is 2.54 bits per heavy atom. The Labute approximate surface area is 154 Å². The Bertz CT molecular complexity index is 648. The van der Waals surface area contributed by atoms with Gasteiger partial charge in [0.1, 0.15) is 0 Å². The maximum absolute atomic E-state index is 12.6. The van der Waals surface area contributed by atoms with Crippen LogP contribution in [0, 0.1) is 0 Å². The van der Waals surface area contributed by atoms with Crippen molar-refractivity contribution < 1.29 is 4.79 Å². The van der Waals surface area contributed by atoms with E-state index >= 15 is 0 Å². The van der Waals surface area contributed by atoms with Gasteiger partial charge in [-0.2, -0.15) is 0 Å². The molecule has 0 spiro atoms. The van der Waals surface area contributed by atoms with Crippen LogP contribution in [-0.2, 0) is 5.75 Å². The third kappa shape index (κ3) is 4.76. The van der Waals surface area contributed by atoms with Crippen LogP contribution in [0.15, 0.2) is 59.5 Å². The van der Waals surface area contributed by atoms with Crippen molar-refractivity contribution in [3.8, 4) is 0 Å². The predicted octanol–water partition coefficient (Wildman–Crippen LogP) is 3.83. The van der Waals surface area contributed by atoms with Crippen LogP contribution in [-0.4, -0.2) is 36.5 Å². The molecule has 0 saturated carbocycles. The summed E-state index contributed by atoms with van der Waals surface area (Å²) in [6, 6.07) is 18.7. The molecule has 2 aromatic carbocycles. The molecule has 0 bridgehead atoms. The number of carbonyl (C=O) groups excluding carboxylic acids is 1. The van der Waals surface area contributed by atoms with E-state index in [1.165, 1.54) is 10.5 Å². The van der Waals surface area contributed by atoms with E-state index in [0.717, 1.165) is 31.0 Å². The van der Waals surface area contributed by atoms with Crippen molar-refractivity contribution in [1.82, 2.24) is 10.2 Å². The van der Waals surface area contributed by atoms with E-state index in [9.17, 15) is 4.79 Å². The van der Waals surface area contributed by atoms with E-state index in [1.54, 1.807) is 11.8 Å². The van der Waals surface area contributed by atoms with Crippen LogP contribution in [0.3, 0.4) is 0 Å². The third-order valence-corrected chi connectivity index (χ3v) is 5.19. The molecule has 1 fully saturated rings. The number of rotatable bonds is 4. The molecule has 1 amide bonds. The average Bonchev–Trinajstić information content (AvgIpc) is 2.61. The molecule has 5 heteroatoms. The van der Waals surface area contributed by atoms with Gasteiger partial charge in [0, 0.05) is 41.9 Å². The van der Waals surface area contributed by atoms with Gasteiger partial charge in [-0.1, -0.05) is 30.3 Å². The number of hydrogen-bond acceptors (Lipinski definition) is 3. The summed E-state index contributed by atoms with van der Waals surface area (Å²) in [7, 11) is 0. The fourth-order valence-corrected chi connectivity index (χ4v) is 3.60. The van der Waals surface area contributed by atoms with Crippen LogP contribution in [0.25, 0.3) is 0 Å². The standard InChI is InChI=1S/C19H22N2OS.ClH/c1-15-13-20-11-12-21(15)19(22)17-7-9-18(10-8-17)23-14-16-5-3-2-4-6-16;/h2-10,15,20H,11-14H2,1H3;1H. The predicted molar refractivity (Wildman–Crippen MR) is 103 cm³/mol. The van der Waals surface area contributed by atoms with E-state index < -0.39 is 0 Å². The van der Waals surface area contributed by atoms with E-state index in [1.807, 2.05) is 35.2 Å². The van der Waals surface area contributed by atoms with Crippen molar-refractivity contribution in [1.29, 1.82) is 0 Å². The summed E-state index contributed by atoms with van der Waals surface area (Å²) in [5.41, 5.74) is 2.09. The van der Waals surface area contributed by atoms with Crippen molar-refractivity contribution in [2.24, 2.45) is 0 Å². The summed E-state index contributed by atoms with van der Waals surface area (Å²) in [5, 5.41) is 3.32. The SMILES string of the molecule is CC1CNCCN1C(=O)c1ccc(SCc2ccccc2)cc1.Cl. The van der Waals surface area contributed by atoms with Gasteiger partial charge in [0.05, 0.1) is 0 Å². The fraction of sp³-hybridized carbons (Fsp3) is 0.316. The van der Waals surface area contributed by atoms with Crippen LogP contribution in [0.1, 0.15) is 22.8 Å². The largest absolute Gasteiger partial charge is 0.333 e. The number of nitrogens with zero attached hydrogens (tertiary/aromatic N) is 1. The smallest absolute Gasteiger partial charge is 0.254 e. The number of benzene rings is 2. The lowest BCUT2D eigenvalue weighted by atomic mass is 10.1. The lowest BCUT2D eigenvalue weighted by molar-refractivity contribution is 0.0655. The summed E-state index contributed by atoms with van der Waals surface area (Å²) in [6.07, 6.45) is 0. The summed E-state index contributed by atoms with van der Waals surface area (Å²) >= 11 is 1.80. The van der Waals surface area contributed by atoms with Crippen molar-refractivity contribution in [2.45, 2.75) is 23.6 Å². The van der Waals surface area contributed by atoms with E-state index in [-0.39, 0.29) is 24.4 Å². The summed E-state index contributed by atoms with van der Waals surface area (Å²) < 4.78 is 0. The maximum atomic E-state index is 12.6. The number of nitrogens with one attached hydrogen (secondary N) is 1. The first-order chi connectivity index (χ1) is 11.2. The molecule has 0 aliphatic carbocycles. The number of amides is 1. The Morgan fingerprint density at radius 1 is 1.17 bits per heavy atom. The Hall–Kier alpha value is -1.49. The van der Waals surface area contributed by atoms with Gasteiger partial charge >= 0.3 is 0 Å². The third-order valence-electron chi connectivity index (χ3n) is 4.11. The summed E-state index contributed by atoms with van der Waals surface area (Å²) in [5.74, 6) is 1.08. The van der Waals surface area contributed by atoms with E-state index in [0.29, 0.717) is 0 Å². The first-order valence-corrected chi connectivity index (χ1v) is 9.01. The number of thioether (sulfide) groups is 1. The van der Waals surface area contributed by atoms with Gasteiger partial charge < -0.3 is 10.2 Å². The first-order valence-electron chi connectivity index (χ1n) is 8.02. The topological polar surface area (TPSA) is 32.3 Å². The highest BCUT2D eigenvalue weighted by molar-refractivity contribution is 7.98. The van der Waals surface area contributed by atoms with Crippen LogP contribution >= 0.6 is 24.2 Å². The van der Waals surface area contributed by atoms with Crippen LogP contribution in [0.5, 0.6) is 0 Å². The molecule has 1 aliphatic rings. The van der Waals surface area contributed by atoms with Crippen LogP contribution < -0.4 is 5.32 Å². The van der Waals surface area contributed by atoms with Crippen molar-refractivity contribution in [3.05, 3.63) is 65.7 Å². The molecular formula is C19H23ClN2OS. The lowest BCUT2D eigenvalue weighted by Gasteiger charge is -2.34. The Morgan fingerprint density at radius 2 is 1.88 bits per heavy atom. The van der Waals surface area contributed by atoms with Gasteiger partial charge in [-0.05, 0) is 36.8 Å². The van der Waals surface area contributed by atoms with Gasteiger partial charge in [-0.25, -0.2) is 0 Å². The molecule has 0 radical (unpaired) electrons. The quantitative estimate of drug-likeness (QED) is 0.839. The molecule has 1 unspecified atom stereocenters. The Kier molecular flexibility index (Phi) is 7.16. The molecule has 1 aliphatic heterocycles. The van der Waals surface area contributed by atoms with Gasteiger partial charge in [-0.3, -0.25) is 4.79 Å². The minimum absolute atomic E-state index is 0. The van der Waals surface area contributed by atoms with Gasteiger partial charge in [0.25, 0.3) is 5.91 Å². The van der Waals surface area contributed by atoms with E-state index in [2.05, 4.69) is 36.5 Å². The molecule has 128 valence electrons. The van der Waals surface area contributed by atoms with E-state index in [4.69, 9.17) is 0 Å². The molecule has 0 aromatic heterocycles. The molecular weight excluding hydrogens is 340 g/mol. The number of hydrogen-bond donors (Lipinski definition) is 1. The summed E-state index contributed by atoms with van der Waals surface area (Å²) in [6.45, 7) is 4.62. The van der Waals surface area contributed by atoms with Crippen molar-refractivity contribution in [2.75, 3.05) is 19.6 Å². The molecule has 3 rings (SSSR count). The average molecular weight is 363 g/mol. The Balaban J connectivity index is 0.00000208. The monoisotopic (exact) mass is 362 g/mol. The highest BCUT2D eigenvalue weighted by Gasteiger charge is 2.23. The summed E-state index contributed by atoms with van der Waals surface area (Å²) in [4.78, 5) is 15.7. The maximum Gasteiger partial charge on any atom is 0.254 e. The van der Waals surface area contributed by atoms with Gasteiger partial charge in [-0.15, -0.1) is 24.2 Å². The zero-order valence-corrected chi connectivity index (χ0v) is 15.4. The van der Waals surface area contributed by atoms with Crippen LogP contribution in [0.2, 0.25) is 0 Å². The number of halogens is 1. The second-order valence-electron chi connectivity index (χ2n) is 5.85. The zero-order valence-electron chi connectivity index (χ0n) is 13.8. The minimum atomic E-state index is 0. The second kappa shape index (κ2) is 9.11. The molecule has 1 heterocycles. The fourth-order valence-electron chi connectivity index (χ4n) is 2.74. The van der Waals surface area contributed by atoms with Crippen LogP contribution in [0.4, 0.5) is 0 Å². The molecule has 1 N–H and O–H groups in total. The zero-order chi connectivity index (χ0) is 16.1. The molecule has 3 nitrogen and oxygen atoms in total. The lowest BCUT2D eigenvalue weighted by Crippen LogP contribution is -2.52. The highest BCUT2D eigenvalue weighted by Crippen LogP contribution is 2.23. The highest BCUT2D eigenvalue weighted by atomic mass is 35.5. The number of piperazine rings is 1. The minimum Gasteiger partial charge on any atom is -0.333 e. The van der Waals surface area contributed by atoms with Gasteiger partial charge in [0.15, 0.2) is 0 Å². The molecule has 1 saturated heterocycles. The second-order valence-corrected chi connectivity index (χ2v) is 6.90. The van der Waals surface area contributed by atoms with Gasteiger partial charge in [0.2, 0.25) is 0 Å². The number of carbonyl (C=O) groups is 1. The molecule has 24 heavy (non-hydrogen) atoms. The normalized spacial score (nSPS) is 17.2. The molecule has 2 aromatic rings. The molecule has 1 atom stereocenters. The first kappa shape index (κ1) is 18.8. The van der Waals surface area contributed by atoms with Crippen molar-refractivity contribution >= 4 is 30.1 Å². The van der Waals surface area contributed by atoms with Crippen molar-refractivity contribution in [3.63, 3.8) is 0 Å².